The molecule has 0 aliphatic rings. The van der Waals surface area contributed by atoms with Crippen LogP contribution >= 0.6 is 0 Å². The predicted molar refractivity (Wildman–Crippen MR) is 76.9 cm³/mol. The second-order valence-electron chi connectivity index (χ2n) is 5.96. The Morgan fingerprint density at radius 1 is 0.647 bits per heavy atom. The molecular weight excluding hydrogens is 549 g/mol. The molecule has 20 heteroatoms. The topological polar surface area (TPSA) is 63.6 Å². The Kier molecular flexibility index (Phi) is 7.31. The van der Waals surface area contributed by atoms with Crippen molar-refractivity contribution in [2.75, 3.05) is 0 Å². The van der Waals surface area contributed by atoms with Crippen LogP contribution in [0.4, 0.5) is 65.9 Å². The van der Waals surface area contributed by atoms with Crippen LogP contribution in [0.25, 0.3) is 0 Å². The van der Waals surface area contributed by atoms with Gasteiger partial charge in [0.25, 0.3) is 10.1 Å². The van der Waals surface area contributed by atoms with Crippen molar-refractivity contribution in [2.45, 2.75) is 41.4 Å². The van der Waals surface area contributed by atoms with Crippen LogP contribution in [0.2, 0.25) is 0 Å². The highest BCUT2D eigenvalue weighted by molar-refractivity contribution is 7.85. The molecule has 0 radical (unpaired) electrons. The van der Waals surface area contributed by atoms with Gasteiger partial charge in [0.15, 0.2) is 0 Å². The Morgan fingerprint density at radius 3 is 1.29 bits per heavy atom. The van der Waals surface area contributed by atoms with Crippen molar-refractivity contribution in [1.82, 2.24) is 0 Å². The van der Waals surface area contributed by atoms with E-state index in [1.165, 1.54) is 0 Å². The highest BCUT2D eigenvalue weighted by atomic mass is 32.2. The van der Waals surface area contributed by atoms with Gasteiger partial charge in [-0.15, -0.1) is 0 Å². The molecule has 0 fully saturated rings. The molecule has 0 saturated heterocycles. The summed E-state index contributed by atoms with van der Waals surface area (Å²) in [5.41, 5.74) is -10.4. The van der Waals surface area contributed by atoms with E-state index in [1.807, 2.05) is 0 Å². The van der Waals surface area contributed by atoms with Crippen LogP contribution in [-0.4, -0.2) is 49.5 Å². The lowest BCUT2D eigenvalue weighted by molar-refractivity contribution is -0.311. The number of benzene rings is 1. The normalized spacial score (nSPS) is 17.2. The van der Waals surface area contributed by atoms with E-state index in [4.69, 9.17) is 4.55 Å². The summed E-state index contributed by atoms with van der Waals surface area (Å²) in [5, 5.41) is 0. The van der Waals surface area contributed by atoms with Gasteiger partial charge in [-0.1, -0.05) is 0 Å². The zero-order valence-corrected chi connectivity index (χ0v) is 15.9. The SMILES string of the molecule is O=S(=O)(O)c1ccc(OC(F)(/C(=C(/C(F)(F)F)C(F)(F)C(F)(F)F)C(F)(F)F)C(F)(F)F)cc1. The van der Waals surface area contributed by atoms with Crippen LogP contribution in [0.15, 0.2) is 40.3 Å². The Hall–Kier alpha value is -2.38. The maximum Gasteiger partial charge on any atom is 0.465 e. The smallest absolute Gasteiger partial charge is 0.447 e. The molecule has 1 atom stereocenters. The lowest BCUT2D eigenvalue weighted by atomic mass is 9.93. The van der Waals surface area contributed by atoms with Gasteiger partial charge in [0.2, 0.25) is 0 Å². The van der Waals surface area contributed by atoms with Crippen LogP contribution in [0, 0.1) is 0 Å². The average Bonchev–Trinajstić information content (AvgIpc) is 2.54. The molecular formula is C14H5F15O4S. The van der Waals surface area contributed by atoms with E-state index in [0.29, 0.717) is 0 Å². The number of hydrogen-bond acceptors (Lipinski definition) is 3. The Bertz CT molecular complexity index is 1030. The number of hydrogen-bond donors (Lipinski definition) is 1. The molecule has 1 aromatic rings. The molecule has 0 aliphatic carbocycles. The molecule has 4 nitrogen and oxygen atoms in total. The van der Waals surface area contributed by atoms with Gasteiger partial charge in [0, 0.05) is 0 Å². The fourth-order valence-corrected chi connectivity index (χ4v) is 2.68. The van der Waals surface area contributed by atoms with E-state index in [9.17, 15) is 74.3 Å². The van der Waals surface area contributed by atoms with Gasteiger partial charge in [-0.3, -0.25) is 4.55 Å². The first-order valence-electron chi connectivity index (χ1n) is 7.53. The first-order chi connectivity index (χ1) is 14.7. The number of allylic oxidation sites excluding steroid dienone is 1. The Balaban J connectivity index is 4.12. The molecule has 34 heavy (non-hydrogen) atoms. The van der Waals surface area contributed by atoms with Gasteiger partial charge in [-0.2, -0.15) is 74.3 Å². The number of halogens is 15. The van der Waals surface area contributed by atoms with Gasteiger partial charge in [-0.25, -0.2) is 0 Å². The number of rotatable bonds is 5. The lowest BCUT2D eigenvalue weighted by Gasteiger charge is -2.35. The summed E-state index contributed by atoms with van der Waals surface area (Å²) >= 11 is 0. The highest BCUT2D eigenvalue weighted by Crippen LogP contribution is 2.56. The average molecular weight is 554 g/mol. The summed E-state index contributed by atoms with van der Waals surface area (Å²) in [6.45, 7) is 0. The van der Waals surface area contributed by atoms with Gasteiger partial charge in [0.1, 0.15) is 16.9 Å². The second-order valence-corrected chi connectivity index (χ2v) is 7.38. The third-order valence-electron chi connectivity index (χ3n) is 3.55. The minimum absolute atomic E-state index is 0.0213. The first-order valence-corrected chi connectivity index (χ1v) is 8.97. The predicted octanol–water partition coefficient (Wildman–Crippen LogP) is 6.16. The van der Waals surface area contributed by atoms with Crippen molar-refractivity contribution in [3.05, 3.63) is 35.4 Å². The van der Waals surface area contributed by atoms with Crippen LogP contribution in [0.3, 0.4) is 0 Å². The summed E-state index contributed by atoms with van der Waals surface area (Å²) in [6, 6.07) is -0.306. The van der Waals surface area contributed by atoms with E-state index in [2.05, 4.69) is 4.74 Å². The zero-order chi connectivity index (χ0) is 27.3. The molecule has 0 amide bonds. The molecule has 0 aromatic heterocycles. The van der Waals surface area contributed by atoms with Gasteiger partial charge < -0.3 is 4.74 Å². The van der Waals surface area contributed by atoms with E-state index in [1.54, 1.807) is 0 Å². The summed E-state index contributed by atoms with van der Waals surface area (Å²) < 4.78 is 230. The van der Waals surface area contributed by atoms with Crippen molar-refractivity contribution in [2.24, 2.45) is 0 Å². The van der Waals surface area contributed by atoms with E-state index >= 15 is 0 Å². The van der Waals surface area contributed by atoms with Crippen LogP contribution < -0.4 is 4.74 Å². The third-order valence-corrected chi connectivity index (χ3v) is 4.42. The minimum Gasteiger partial charge on any atom is -0.447 e. The standard InChI is InChI=1S/C14H5F15O4S/c15-9(16,13(24,25)26)7(11(18,19)20)8(12(21,22)23)10(17,14(27,28)29)33-5-1-3-6(4-2-5)34(30,31)32/h1-4H,(H,30,31,32)/b8-7-. The molecule has 1 rings (SSSR count). The van der Waals surface area contributed by atoms with Crippen molar-refractivity contribution >= 4 is 10.1 Å². The van der Waals surface area contributed by atoms with E-state index in [-0.39, 0.29) is 24.3 Å². The molecule has 196 valence electrons. The van der Waals surface area contributed by atoms with Crippen molar-refractivity contribution in [3.63, 3.8) is 0 Å². The molecule has 1 aromatic carbocycles. The molecule has 0 saturated carbocycles. The number of ether oxygens (including phenoxy) is 1. The van der Waals surface area contributed by atoms with Gasteiger partial charge >= 0.3 is 36.5 Å². The van der Waals surface area contributed by atoms with Crippen LogP contribution in [0.5, 0.6) is 5.75 Å². The summed E-state index contributed by atoms with van der Waals surface area (Å²) in [5.74, 6) is -16.7. The molecule has 0 heterocycles. The Labute approximate surface area is 177 Å². The molecule has 0 bridgehead atoms. The molecule has 1 unspecified atom stereocenters. The largest absolute Gasteiger partial charge is 0.465 e. The summed E-state index contributed by atoms with van der Waals surface area (Å²) in [6.07, 6.45) is -30.0. The van der Waals surface area contributed by atoms with Crippen molar-refractivity contribution < 1.29 is 83.6 Å². The zero-order valence-electron chi connectivity index (χ0n) is 15.1. The molecule has 0 spiro atoms. The van der Waals surface area contributed by atoms with Gasteiger partial charge in [0.05, 0.1) is 4.90 Å². The highest BCUT2D eigenvalue weighted by Gasteiger charge is 2.76. The lowest BCUT2D eigenvalue weighted by Crippen LogP contribution is -2.56. The minimum atomic E-state index is -7.73. The maximum atomic E-state index is 14.7. The fourth-order valence-electron chi connectivity index (χ4n) is 2.20. The second kappa shape index (κ2) is 8.38. The maximum absolute atomic E-state index is 14.7. The van der Waals surface area contributed by atoms with Crippen molar-refractivity contribution in [1.29, 1.82) is 0 Å². The number of alkyl halides is 15. The molecule has 0 aliphatic heterocycles. The molecule has 1 N–H and O–H groups in total. The van der Waals surface area contributed by atoms with E-state index < -0.39 is 68.4 Å². The fraction of sp³-hybridized carbons (Fsp3) is 0.429. The first kappa shape index (κ1) is 29.7. The Morgan fingerprint density at radius 2 is 1.03 bits per heavy atom. The summed E-state index contributed by atoms with van der Waals surface area (Å²) in [4.78, 5) is -1.22. The monoisotopic (exact) mass is 554 g/mol. The van der Waals surface area contributed by atoms with E-state index in [0.717, 1.165) is 0 Å². The van der Waals surface area contributed by atoms with Gasteiger partial charge in [-0.05, 0) is 24.3 Å². The quantitative estimate of drug-likeness (QED) is 0.269. The summed E-state index contributed by atoms with van der Waals surface area (Å²) in [7, 11) is -5.13. The van der Waals surface area contributed by atoms with Crippen LogP contribution in [-0.2, 0) is 10.1 Å². The third kappa shape index (κ3) is 5.81. The van der Waals surface area contributed by atoms with Crippen LogP contribution in [0.1, 0.15) is 0 Å². The van der Waals surface area contributed by atoms with Crippen molar-refractivity contribution in [3.8, 4) is 5.75 Å².